The van der Waals surface area contributed by atoms with Crippen molar-refractivity contribution >= 4 is 23.4 Å². The number of amides is 1. The Morgan fingerprint density at radius 3 is 2.41 bits per heavy atom. The van der Waals surface area contributed by atoms with Gasteiger partial charge in [-0.15, -0.1) is 0 Å². The van der Waals surface area contributed by atoms with Gasteiger partial charge in [-0.05, 0) is 18.2 Å². The fourth-order valence-electron chi connectivity index (χ4n) is 2.75. The van der Waals surface area contributed by atoms with E-state index in [9.17, 15) is 14.9 Å². The van der Waals surface area contributed by atoms with Crippen LogP contribution < -0.4 is 10.6 Å². The first-order valence-corrected chi connectivity index (χ1v) is 9.56. The second kappa shape index (κ2) is 9.94. The van der Waals surface area contributed by atoms with Crippen LogP contribution in [0.4, 0.5) is 17.5 Å². The smallest absolute Gasteiger partial charge is 0.287 e. The highest BCUT2D eigenvalue weighted by atomic mass is 16.6. The maximum absolute atomic E-state index is 12.6. The lowest BCUT2D eigenvalue weighted by molar-refractivity contribution is -0.385. The van der Waals surface area contributed by atoms with Crippen molar-refractivity contribution < 1.29 is 9.72 Å². The Kier molecular flexibility index (Phi) is 6.87. The first-order chi connectivity index (χ1) is 15.4. The van der Waals surface area contributed by atoms with Crippen LogP contribution in [-0.2, 0) is 0 Å². The number of nitrogens with zero attached hydrogens (tertiary/aromatic N) is 6. The molecule has 0 aliphatic carbocycles. The summed E-state index contributed by atoms with van der Waals surface area (Å²) in [5, 5.41) is 25.8. The molecule has 0 saturated carbocycles. The van der Waals surface area contributed by atoms with E-state index < -0.39 is 4.92 Å². The van der Waals surface area contributed by atoms with Crippen molar-refractivity contribution in [1.82, 2.24) is 19.9 Å². The normalized spacial score (nSPS) is 10.2. The number of nitro groups is 1. The highest BCUT2D eigenvalue weighted by Gasteiger charge is 2.18. The van der Waals surface area contributed by atoms with Crippen LogP contribution in [0.5, 0.6) is 0 Å². The van der Waals surface area contributed by atoms with Gasteiger partial charge in [0.2, 0.25) is 5.95 Å². The third-order valence-corrected chi connectivity index (χ3v) is 4.39. The highest BCUT2D eigenvalue weighted by molar-refractivity contribution is 5.99. The summed E-state index contributed by atoms with van der Waals surface area (Å²) in [6.07, 6.45) is 2.65. The molecular formula is C21H20N8O3. The largest absolute Gasteiger partial charge is 0.368 e. The molecule has 1 aromatic carbocycles. The minimum atomic E-state index is -0.508. The van der Waals surface area contributed by atoms with E-state index in [2.05, 4.69) is 31.7 Å². The van der Waals surface area contributed by atoms with Gasteiger partial charge >= 0.3 is 0 Å². The number of nitriles is 1. The molecule has 32 heavy (non-hydrogen) atoms. The van der Waals surface area contributed by atoms with Gasteiger partial charge in [0.15, 0.2) is 0 Å². The third kappa shape index (κ3) is 5.31. The molecular weight excluding hydrogens is 412 g/mol. The lowest BCUT2D eigenvalue weighted by Gasteiger charge is -2.15. The van der Waals surface area contributed by atoms with Crippen LogP contribution in [-0.4, -0.2) is 57.9 Å². The van der Waals surface area contributed by atoms with E-state index in [0.717, 1.165) is 0 Å². The molecule has 3 rings (SSSR count). The number of rotatable bonds is 8. The summed E-state index contributed by atoms with van der Waals surface area (Å²) in [5.74, 6) is 0.600. The van der Waals surface area contributed by atoms with E-state index >= 15 is 0 Å². The van der Waals surface area contributed by atoms with Gasteiger partial charge in [-0.3, -0.25) is 14.9 Å². The molecule has 2 aromatic heterocycles. The fraction of sp³-hybridized carbons (Fsp3) is 0.190. The molecule has 0 aliphatic rings. The zero-order valence-electron chi connectivity index (χ0n) is 17.4. The summed E-state index contributed by atoms with van der Waals surface area (Å²) >= 11 is 0. The van der Waals surface area contributed by atoms with Crippen LogP contribution in [0.3, 0.4) is 0 Å². The maximum Gasteiger partial charge on any atom is 0.287 e. The molecule has 0 unspecified atom stereocenters. The van der Waals surface area contributed by atoms with Gasteiger partial charge in [0.25, 0.3) is 11.6 Å². The number of hydrogen-bond acceptors (Lipinski definition) is 9. The summed E-state index contributed by atoms with van der Waals surface area (Å²) in [4.78, 5) is 36.9. The Hall–Kier alpha value is -4.59. The predicted molar refractivity (Wildman–Crippen MR) is 118 cm³/mol. The third-order valence-electron chi connectivity index (χ3n) is 4.39. The molecule has 0 aliphatic heterocycles. The zero-order valence-corrected chi connectivity index (χ0v) is 17.4. The van der Waals surface area contributed by atoms with Crippen molar-refractivity contribution in [2.75, 3.05) is 37.8 Å². The molecule has 0 radical (unpaired) electrons. The molecule has 2 N–H and O–H groups in total. The Labute approximate surface area is 183 Å². The standard InChI is InChI=1S/C21H20N8O3/c1-28(2)20(30)17-13-26-21(27-19(17)15-5-3-14(11-22)4-6-15)24-10-9-23-18-8-7-16(12-25-18)29(31)32/h3-8,12-13H,9-10H2,1-2H3,(H,23,25)(H,24,26,27). The Morgan fingerprint density at radius 2 is 1.81 bits per heavy atom. The van der Waals surface area contributed by atoms with Crippen LogP contribution >= 0.6 is 0 Å². The van der Waals surface area contributed by atoms with Crippen molar-refractivity contribution in [2.45, 2.75) is 0 Å². The van der Waals surface area contributed by atoms with Crippen LogP contribution in [0.1, 0.15) is 15.9 Å². The van der Waals surface area contributed by atoms with Gasteiger partial charge in [0.05, 0.1) is 27.8 Å². The zero-order chi connectivity index (χ0) is 23.1. The predicted octanol–water partition coefficient (Wildman–Crippen LogP) is 2.54. The Morgan fingerprint density at radius 1 is 1.09 bits per heavy atom. The summed E-state index contributed by atoms with van der Waals surface area (Å²) in [7, 11) is 3.30. The molecule has 0 spiro atoms. The lowest BCUT2D eigenvalue weighted by atomic mass is 10.0. The summed E-state index contributed by atoms with van der Waals surface area (Å²) < 4.78 is 0. The number of carbonyl (C=O) groups is 1. The SMILES string of the molecule is CN(C)C(=O)c1cnc(NCCNc2ccc([N+](=O)[O-])cn2)nc1-c1ccc(C#N)cc1. The molecule has 162 valence electrons. The second-order valence-electron chi connectivity index (χ2n) is 6.86. The molecule has 1 amide bonds. The summed E-state index contributed by atoms with van der Waals surface area (Å²) in [6, 6.07) is 11.8. The maximum atomic E-state index is 12.6. The average molecular weight is 432 g/mol. The minimum Gasteiger partial charge on any atom is -0.368 e. The van der Waals surface area contributed by atoms with Crippen molar-refractivity contribution in [3.63, 3.8) is 0 Å². The van der Waals surface area contributed by atoms with E-state index in [1.807, 2.05) is 0 Å². The highest BCUT2D eigenvalue weighted by Crippen LogP contribution is 2.24. The van der Waals surface area contributed by atoms with Gasteiger partial charge in [-0.2, -0.15) is 5.26 Å². The number of nitrogens with one attached hydrogen (secondary N) is 2. The monoisotopic (exact) mass is 432 g/mol. The van der Waals surface area contributed by atoms with Crippen molar-refractivity contribution in [1.29, 1.82) is 5.26 Å². The summed E-state index contributed by atoms with van der Waals surface area (Å²) in [5.41, 5.74) is 1.92. The van der Waals surface area contributed by atoms with Gasteiger partial charge in [0, 0.05) is 45.0 Å². The van der Waals surface area contributed by atoms with Crippen LogP contribution in [0.15, 0.2) is 48.8 Å². The topological polar surface area (TPSA) is 150 Å². The fourth-order valence-corrected chi connectivity index (χ4v) is 2.75. The van der Waals surface area contributed by atoms with E-state index in [0.29, 0.717) is 47.2 Å². The molecule has 11 nitrogen and oxygen atoms in total. The van der Waals surface area contributed by atoms with Gasteiger partial charge in [0.1, 0.15) is 12.0 Å². The van der Waals surface area contributed by atoms with Gasteiger partial charge < -0.3 is 15.5 Å². The molecule has 0 fully saturated rings. The van der Waals surface area contributed by atoms with Crippen molar-refractivity contribution in [2.24, 2.45) is 0 Å². The molecule has 0 bridgehead atoms. The van der Waals surface area contributed by atoms with Crippen LogP contribution in [0.2, 0.25) is 0 Å². The van der Waals surface area contributed by atoms with Crippen LogP contribution in [0, 0.1) is 21.4 Å². The number of pyridine rings is 1. The number of aromatic nitrogens is 3. The number of hydrogen-bond donors (Lipinski definition) is 2. The van der Waals surface area contributed by atoms with Gasteiger partial charge in [-0.25, -0.2) is 15.0 Å². The number of carbonyl (C=O) groups excluding carboxylic acids is 1. The lowest BCUT2D eigenvalue weighted by Crippen LogP contribution is -2.23. The first kappa shape index (κ1) is 22.1. The molecule has 0 atom stereocenters. The van der Waals surface area contributed by atoms with Crippen LogP contribution in [0.25, 0.3) is 11.3 Å². The quantitative estimate of drug-likeness (QED) is 0.311. The minimum absolute atomic E-state index is 0.0789. The average Bonchev–Trinajstić information content (AvgIpc) is 2.81. The Bertz CT molecular complexity index is 1160. The first-order valence-electron chi connectivity index (χ1n) is 9.56. The van der Waals surface area contributed by atoms with E-state index in [1.54, 1.807) is 38.4 Å². The van der Waals surface area contributed by atoms with E-state index in [4.69, 9.17) is 5.26 Å². The van der Waals surface area contributed by atoms with Gasteiger partial charge in [-0.1, -0.05) is 12.1 Å². The Balaban J connectivity index is 1.72. The molecule has 11 heteroatoms. The molecule has 2 heterocycles. The molecule has 3 aromatic rings. The molecule has 0 saturated heterocycles. The number of benzene rings is 1. The second-order valence-corrected chi connectivity index (χ2v) is 6.86. The van der Waals surface area contributed by atoms with Crippen molar-refractivity contribution in [3.8, 4) is 17.3 Å². The van der Waals surface area contributed by atoms with E-state index in [-0.39, 0.29) is 11.6 Å². The summed E-state index contributed by atoms with van der Waals surface area (Å²) in [6.45, 7) is 0.894. The number of anilines is 2. The van der Waals surface area contributed by atoms with E-state index in [1.165, 1.54) is 29.4 Å². The van der Waals surface area contributed by atoms with Crippen molar-refractivity contribution in [3.05, 3.63) is 70.0 Å².